The fourth-order valence-electron chi connectivity index (χ4n) is 2.66. The van der Waals surface area contributed by atoms with Crippen molar-refractivity contribution in [3.05, 3.63) is 22.4 Å². The van der Waals surface area contributed by atoms with Crippen LogP contribution in [-0.4, -0.2) is 54.6 Å². The average Bonchev–Trinajstić information content (AvgIpc) is 2.89. The highest BCUT2D eigenvalue weighted by Crippen LogP contribution is 2.27. The fourth-order valence-corrected chi connectivity index (χ4v) is 5.45. The molecule has 6 nitrogen and oxygen atoms in total. The number of nitriles is 1. The van der Waals surface area contributed by atoms with Crippen molar-refractivity contribution in [2.24, 2.45) is 0 Å². The third-order valence-electron chi connectivity index (χ3n) is 4.56. The van der Waals surface area contributed by atoms with Crippen molar-refractivity contribution in [2.75, 3.05) is 24.3 Å². The second-order valence-electron chi connectivity index (χ2n) is 6.09. The van der Waals surface area contributed by atoms with Crippen LogP contribution in [0, 0.1) is 32.1 Å². The number of pyridine rings is 1. The summed E-state index contributed by atoms with van der Waals surface area (Å²) in [5, 5.41) is 9.91. The molecule has 0 aromatic carbocycles. The first-order valence-corrected chi connectivity index (χ1v) is 10.4. The lowest BCUT2D eigenvalue weighted by Crippen LogP contribution is -2.38. The van der Waals surface area contributed by atoms with Gasteiger partial charge in [0.2, 0.25) is 5.91 Å². The number of thioether (sulfide) groups is 1. The molecule has 2 rings (SSSR count). The Hall–Kier alpha value is -1.59. The minimum Gasteiger partial charge on any atom is -0.341 e. The molecule has 0 unspecified atom stereocenters. The van der Waals surface area contributed by atoms with Gasteiger partial charge in [-0.1, -0.05) is 11.8 Å². The van der Waals surface area contributed by atoms with Gasteiger partial charge in [-0.3, -0.25) is 4.79 Å². The van der Waals surface area contributed by atoms with Gasteiger partial charge >= 0.3 is 0 Å². The molecule has 24 heavy (non-hydrogen) atoms. The van der Waals surface area contributed by atoms with E-state index in [2.05, 4.69) is 11.1 Å². The maximum absolute atomic E-state index is 12.4. The van der Waals surface area contributed by atoms with Crippen molar-refractivity contribution in [1.82, 2.24) is 9.88 Å². The zero-order valence-corrected chi connectivity index (χ0v) is 15.9. The topological polar surface area (TPSA) is 91.1 Å². The van der Waals surface area contributed by atoms with Gasteiger partial charge in [0.25, 0.3) is 0 Å². The molecule has 1 saturated heterocycles. The van der Waals surface area contributed by atoms with E-state index in [4.69, 9.17) is 0 Å². The van der Waals surface area contributed by atoms with E-state index in [9.17, 15) is 18.5 Å². The minimum absolute atomic E-state index is 0.0321. The predicted octanol–water partition coefficient (Wildman–Crippen LogP) is 1.62. The van der Waals surface area contributed by atoms with E-state index in [1.807, 2.05) is 20.8 Å². The molecule has 2 heterocycles. The summed E-state index contributed by atoms with van der Waals surface area (Å²) in [7, 11) is -1.39. The number of nitrogens with zero attached hydrogens (tertiary/aromatic N) is 3. The van der Waals surface area contributed by atoms with Crippen molar-refractivity contribution in [1.29, 1.82) is 5.26 Å². The van der Waals surface area contributed by atoms with Gasteiger partial charge in [0, 0.05) is 18.8 Å². The molecule has 8 heteroatoms. The van der Waals surface area contributed by atoms with E-state index in [-0.39, 0.29) is 29.2 Å². The van der Waals surface area contributed by atoms with Gasteiger partial charge in [0.05, 0.1) is 22.8 Å². The summed E-state index contributed by atoms with van der Waals surface area (Å²) in [5.74, 6) is 0.156. The van der Waals surface area contributed by atoms with Crippen LogP contribution in [0.2, 0.25) is 0 Å². The van der Waals surface area contributed by atoms with Gasteiger partial charge in [0.1, 0.15) is 11.1 Å². The summed E-state index contributed by atoms with van der Waals surface area (Å²) in [6, 6.07) is 1.91. The lowest BCUT2D eigenvalue weighted by atomic mass is 10.1. The van der Waals surface area contributed by atoms with Gasteiger partial charge in [0.15, 0.2) is 9.84 Å². The Balaban J connectivity index is 2.09. The van der Waals surface area contributed by atoms with Crippen molar-refractivity contribution < 1.29 is 13.2 Å². The Labute approximate surface area is 147 Å². The van der Waals surface area contributed by atoms with Crippen LogP contribution in [0.3, 0.4) is 0 Å². The van der Waals surface area contributed by atoms with Crippen LogP contribution < -0.4 is 0 Å². The summed E-state index contributed by atoms with van der Waals surface area (Å²) in [6.45, 7) is 5.68. The zero-order chi connectivity index (χ0) is 18.1. The standard InChI is InChI=1S/C16H21N3O3S2/c1-10-11(2)14(7-17)16(18-12(10)3)23-8-15(20)19(4)13-5-6-24(21,22)9-13/h13H,5-6,8-9H2,1-4H3/t13-/m1/s1. The highest BCUT2D eigenvalue weighted by Gasteiger charge is 2.32. The van der Waals surface area contributed by atoms with Crippen LogP contribution in [0.5, 0.6) is 0 Å². The molecule has 1 aromatic heterocycles. The average molecular weight is 367 g/mol. The number of sulfone groups is 1. The number of hydrogen-bond donors (Lipinski definition) is 0. The highest BCUT2D eigenvalue weighted by atomic mass is 32.2. The first-order chi connectivity index (χ1) is 11.2. The molecule has 1 aliphatic rings. The third kappa shape index (κ3) is 3.90. The molecule has 1 aromatic rings. The lowest BCUT2D eigenvalue weighted by molar-refractivity contribution is -0.128. The first-order valence-electron chi connectivity index (χ1n) is 7.63. The largest absolute Gasteiger partial charge is 0.341 e. The normalized spacial score (nSPS) is 19.0. The van der Waals surface area contributed by atoms with E-state index in [1.54, 1.807) is 7.05 Å². The van der Waals surface area contributed by atoms with Gasteiger partial charge in [-0.15, -0.1) is 0 Å². The molecule has 0 radical (unpaired) electrons. The van der Waals surface area contributed by atoms with Crippen LogP contribution >= 0.6 is 11.8 Å². The number of carbonyl (C=O) groups is 1. The summed E-state index contributed by atoms with van der Waals surface area (Å²) in [5.41, 5.74) is 3.21. The van der Waals surface area contributed by atoms with Crippen molar-refractivity contribution in [2.45, 2.75) is 38.3 Å². The van der Waals surface area contributed by atoms with E-state index in [0.29, 0.717) is 17.0 Å². The molecular weight excluding hydrogens is 346 g/mol. The van der Waals surface area contributed by atoms with E-state index in [1.165, 1.54) is 16.7 Å². The van der Waals surface area contributed by atoms with Crippen LogP contribution in [0.15, 0.2) is 5.03 Å². The Morgan fingerprint density at radius 2 is 2.04 bits per heavy atom. The number of aromatic nitrogens is 1. The fraction of sp³-hybridized carbons (Fsp3) is 0.562. The Morgan fingerprint density at radius 1 is 1.38 bits per heavy atom. The summed E-state index contributed by atoms with van der Waals surface area (Å²) in [6.07, 6.45) is 0.486. The smallest absolute Gasteiger partial charge is 0.233 e. The molecule has 1 fully saturated rings. The SMILES string of the molecule is Cc1nc(SCC(=O)N(C)[C@@H]2CCS(=O)(=O)C2)c(C#N)c(C)c1C. The molecule has 0 aliphatic carbocycles. The van der Waals surface area contributed by atoms with Crippen molar-refractivity contribution in [3.63, 3.8) is 0 Å². The maximum atomic E-state index is 12.4. The lowest BCUT2D eigenvalue weighted by Gasteiger charge is -2.23. The number of hydrogen-bond acceptors (Lipinski definition) is 6. The summed E-state index contributed by atoms with van der Waals surface area (Å²) in [4.78, 5) is 18.3. The quantitative estimate of drug-likeness (QED) is 0.751. The van der Waals surface area contributed by atoms with Crippen LogP contribution in [0.1, 0.15) is 28.8 Å². The third-order valence-corrected chi connectivity index (χ3v) is 7.27. The van der Waals surface area contributed by atoms with Gasteiger partial charge in [-0.2, -0.15) is 5.26 Å². The Morgan fingerprint density at radius 3 is 2.58 bits per heavy atom. The number of rotatable bonds is 4. The van der Waals surface area contributed by atoms with Gasteiger partial charge in [-0.25, -0.2) is 13.4 Å². The molecule has 1 atom stereocenters. The maximum Gasteiger partial charge on any atom is 0.233 e. The van der Waals surface area contributed by atoms with Gasteiger partial charge < -0.3 is 4.90 Å². The van der Waals surface area contributed by atoms with Crippen LogP contribution in [-0.2, 0) is 14.6 Å². The molecule has 1 amide bonds. The number of carbonyl (C=O) groups excluding carboxylic acids is 1. The number of amides is 1. The van der Waals surface area contributed by atoms with E-state index >= 15 is 0 Å². The second-order valence-corrected chi connectivity index (χ2v) is 9.28. The molecule has 0 spiro atoms. The first kappa shape index (κ1) is 18.7. The monoisotopic (exact) mass is 367 g/mol. The molecule has 0 N–H and O–H groups in total. The minimum atomic E-state index is -3.02. The van der Waals surface area contributed by atoms with Crippen LogP contribution in [0.4, 0.5) is 0 Å². The summed E-state index contributed by atoms with van der Waals surface area (Å²) < 4.78 is 23.1. The molecule has 0 bridgehead atoms. The Kier molecular flexibility index (Phi) is 5.56. The molecule has 130 valence electrons. The van der Waals surface area contributed by atoms with Crippen molar-refractivity contribution in [3.8, 4) is 6.07 Å². The van der Waals surface area contributed by atoms with Crippen molar-refractivity contribution >= 4 is 27.5 Å². The Bertz CT molecular complexity index is 813. The second kappa shape index (κ2) is 7.11. The van der Waals surface area contributed by atoms with E-state index in [0.717, 1.165) is 16.8 Å². The van der Waals surface area contributed by atoms with Crippen LogP contribution in [0.25, 0.3) is 0 Å². The highest BCUT2D eigenvalue weighted by molar-refractivity contribution is 8.00. The van der Waals surface area contributed by atoms with Gasteiger partial charge in [-0.05, 0) is 38.3 Å². The summed E-state index contributed by atoms with van der Waals surface area (Å²) >= 11 is 1.23. The molecule has 1 aliphatic heterocycles. The molecule has 0 saturated carbocycles. The molecular formula is C16H21N3O3S2. The predicted molar refractivity (Wildman–Crippen MR) is 93.7 cm³/mol. The number of aryl methyl sites for hydroxylation is 1. The zero-order valence-electron chi connectivity index (χ0n) is 14.3. The van der Waals surface area contributed by atoms with E-state index < -0.39 is 9.84 Å².